The van der Waals surface area contributed by atoms with Crippen LogP contribution in [0.3, 0.4) is 0 Å². The SMILES string of the molecule is Cc1ccc(NC(=O)C(F)F)c(Br)c1. The van der Waals surface area contributed by atoms with Crippen LogP contribution in [-0.2, 0) is 4.79 Å². The summed E-state index contributed by atoms with van der Waals surface area (Å²) in [5.41, 5.74) is 1.33. The summed E-state index contributed by atoms with van der Waals surface area (Å²) in [6.07, 6.45) is -3.00. The van der Waals surface area contributed by atoms with Crippen LogP contribution in [0.5, 0.6) is 0 Å². The molecule has 0 saturated heterocycles. The van der Waals surface area contributed by atoms with Crippen molar-refractivity contribution in [3.63, 3.8) is 0 Å². The van der Waals surface area contributed by atoms with Crippen LogP contribution in [-0.4, -0.2) is 12.3 Å². The summed E-state index contributed by atoms with van der Waals surface area (Å²) in [6, 6.07) is 5.03. The van der Waals surface area contributed by atoms with Gasteiger partial charge in [-0.2, -0.15) is 8.78 Å². The Hall–Kier alpha value is -0.970. The molecule has 1 rings (SSSR count). The van der Waals surface area contributed by atoms with Gasteiger partial charge in [-0.3, -0.25) is 4.79 Å². The number of hydrogen-bond acceptors (Lipinski definition) is 1. The number of benzene rings is 1. The number of carbonyl (C=O) groups excluding carboxylic acids is 1. The minimum absolute atomic E-state index is 0.348. The Balaban J connectivity index is 2.82. The average Bonchev–Trinajstić information content (AvgIpc) is 2.09. The molecular formula is C9H8BrF2NO. The maximum Gasteiger partial charge on any atom is 0.315 e. The highest BCUT2D eigenvalue weighted by molar-refractivity contribution is 9.10. The molecule has 0 aliphatic rings. The van der Waals surface area contributed by atoms with E-state index in [0.29, 0.717) is 10.2 Å². The number of halogens is 3. The highest BCUT2D eigenvalue weighted by Crippen LogP contribution is 2.23. The number of anilines is 1. The molecule has 1 amide bonds. The summed E-state index contributed by atoms with van der Waals surface area (Å²) in [5, 5.41) is 2.10. The molecule has 76 valence electrons. The molecular weight excluding hydrogens is 256 g/mol. The third-order valence-corrected chi connectivity index (χ3v) is 2.24. The molecule has 0 aliphatic carbocycles. The van der Waals surface area contributed by atoms with Crippen LogP contribution in [0.15, 0.2) is 22.7 Å². The molecule has 0 saturated carbocycles. The molecule has 1 aromatic carbocycles. The Bertz CT molecular complexity index is 355. The number of carbonyl (C=O) groups is 1. The predicted molar refractivity (Wildman–Crippen MR) is 53.5 cm³/mol. The Kier molecular flexibility index (Phi) is 3.57. The molecule has 5 heteroatoms. The number of aryl methyl sites for hydroxylation is 1. The lowest BCUT2D eigenvalue weighted by Crippen LogP contribution is -2.20. The van der Waals surface area contributed by atoms with Crippen LogP contribution in [0.25, 0.3) is 0 Å². The highest BCUT2D eigenvalue weighted by atomic mass is 79.9. The maximum absolute atomic E-state index is 11.9. The molecule has 0 bridgehead atoms. The van der Waals surface area contributed by atoms with Crippen LogP contribution in [0.1, 0.15) is 5.56 Å². The van der Waals surface area contributed by atoms with E-state index in [1.807, 2.05) is 6.92 Å². The van der Waals surface area contributed by atoms with Crippen LogP contribution in [0, 0.1) is 6.92 Å². The van der Waals surface area contributed by atoms with Crippen LogP contribution in [0.4, 0.5) is 14.5 Å². The summed E-state index contributed by atoms with van der Waals surface area (Å²) in [6.45, 7) is 1.86. The second-order valence-corrected chi connectivity index (χ2v) is 3.63. The zero-order valence-corrected chi connectivity index (χ0v) is 8.94. The lowest BCUT2D eigenvalue weighted by Gasteiger charge is -2.06. The maximum atomic E-state index is 11.9. The first-order valence-electron chi connectivity index (χ1n) is 3.86. The molecule has 1 N–H and O–H groups in total. The van der Waals surface area contributed by atoms with Gasteiger partial charge >= 0.3 is 6.43 Å². The van der Waals surface area contributed by atoms with Crippen molar-refractivity contribution in [1.29, 1.82) is 0 Å². The van der Waals surface area contributed by atoms with Crippen molar-refractivity contribution in [3.8, 4) is 0 Å². The van der Waals surface area contributed by atoms with Gasteiger partial charge in [0, 0.05) is 4.47 Å². The van der Waals surface area contributed by atoms with Crippen LogP contribution < -0.4 is 5.32 Å². The number of amides is 1. The lowest BCUT2D eigenvalue weighted by atomic mass is 10.2. The average molecular weight is 264 g/mol. The van der Waals surface area contributed by atoms with Gasteiger partial charge in [0.15, 0.2) is 0 Å². The van der Waals surface area contributed by atoms with E-state index in [4.69, 9.17) is 0 Å². The van der Waals surface area contributed by atoms with Crippen molar-refractivity contribution in [3.05, 3.63) is 28.2 Å². The lowest BCUT2D eigenvalue weighted by molar-refractivity contribution is -0.126. The van der Waals surface area contributed by atoms with Crippen molar-refractivity contribution in [1.82, 2.24) is 0 Å². The van der Waals surface area contributed by atoms with Crippen molar-refractivity contribution in [2.45, 2.75) is 13.3 Å². The van der Waals surface area contributed by atoms with Gasteiger partial charge in [0.2, 0.25) is 0 Å². The molecule has 0 spiro atoms. The Morgan fingerprint density at radius 2 is 2.14 bits per heavy atom. The molecule has 0 aromatic heterocycles. The van der Waals surface area contributed by atoms with Crippen molar-refractivity contribution in [2.24, 2.45) is 0 Å². The minimum atomic E-state index is -3.00. The number of alkyl halides is 2. The topological polar surface area (TPSA) is 29.1 Å². The van der Waals surface area contributed by atoms with Crippen LogP contribution >= 0.6 is 15.9 Å². The summed E-state index contributed by atoms with van der Waals surface area (Å²) in [5.74, 6) is -1.30. The van der Waals surface area contributed by atoms with Crippen molar-refractivity contribution < 1.29 is 13.6 Å². The summed E-state index contributed by atoms with van der Waals surface area (Å²) >= 11 is 3.17. The molecule has 0 aliphatic heterocycles. The summed E-state index contributed by atoms with van der Waals surface area (Å²) in [4.78, 5) is 10.7. The van der Waals surface area contributed by atoms with Crippen molar-refractivity contribution in [2.75, 3.05) is 5.32 Å². The smallest absolute Gasteiger partial charge is 0.315 e. The zero-order valence-electron chi connectivity index (χ0n) is 7.35. The third-order valence-electron chi connectivity index (χ3n) is 1.58. The van der Waals surface area contributed by atoms with Crippen molar-refractivity contribution >= 4 is 27.5 Å². The highest BCUT2D eigenvalue weighted by Gasteiger charge is 2.15. The van der Waals surface area contributed by atoms with E-state index in [1.54, 1.807) is 18.2 Å². The second-order valence-electron chi connectivity index (χ2n) is 2.77. The Morgan fingerprint density at radius 3 is 2.64 bits per heavy atom. The zero-order chi connectivity index (χ0) is 10.7. The molecule has 0 radical (unpaired) electrons. The van der Waals surface area contributed by atoms with E-state index >= 15 is 0 Å². The van der Waals surface area contributed by atoms with Crippen LogP contribution in [0.2, 0.25) is 0 Å². The molecule has 2 nitrogen and oxygen atoms in total. The summed E-state index contributed by atoms with van der Waals surface area (Å²) < 4.78 is 24.4. The predicted octanol–water partition coefficient (Wildman–Crippen LogP) is 2.96. The van der Waals surface area contributed by atoms with E-state index in [-0.39, 0.29) is 0 Å². The van der Waals surface area contributed by atoms with E-state index in [2.05, 4.69) is 21.2 Å². The van der Waals surface area contributed by atoms with Gasteiger partial charge in [0.05, 0.1) is 5.69 Å². The normalized spacial score (nSPS) is 10.4. The Morgan fingerprint density at radius 1 is 1.50 bits per heavy atom. The standard InChI is InChI=1S/C9H8BrF2NO/c1-5-2-3-7(6(10)4-5)13-9(14)8(11)12/h2-4,8H,1H3,(H,13,14). The van der Waals surface area contributed by atoms with Gasteiger partial charge in [-0.05, 0) is 40.5 Å². The van der Waals surface area contributed by atoms with E-state index in [9.17, 15) is 13.6 Å². The first kappa shape index (κ1) is 11.1. The largest absolute Gasteiger partial charge is 0.320 e. The van der Waals surface area contributed by atoms with Gasteiger partial charge in [-0.15, -0.1) is 0 Å². The van der Waals surface area contributed by atoms with Gasteiger partial charge in [0.1, 0.15) is 0 Å². The van der Waals surface area contributed by atoms with Gasteiger partial charge in [-0.25, -0.2) is 0 Å². The number of hydrogen-bond donors (Lipinski definition) is 1. The fraction of sp³-hybridized carbons (Fsp3) is 0.222. The Labute approximate surface area is 88.4 Å². The second kappa shape index (κ2) is 4.50. The molecule has 0 fully saturated rings. The molecule has 1 aromatic rings. The molecule has 0 atom stereocenters. The number of nitrogens with one attached hydrogen (secondary N) is 1. The quantitative estimate of drug-likeness (QED) is 0.874. The van der Waals surface area contributed by atoms with Gasteiger partial charge in [-0.1, -0.05) is 6.07 Å². The van der Waals surface area contributed by atoms with E-state index in [1.165, 1.54) is 0 Å². The third kappa shape index (κ3) is 2.77. The van der Waals surface area contributed by atoms with Gasteiger partial charge in [0.25, 0.3) is 5.91 Å². The molecule has 0 heterocycles. The first-order valence-corrected chi connectivity index (χ1v) is 4.65. The first-order chi connectivity index (χ1) is 6.50. The van der Waals surface area contributed by atoms with E-state index < -0.39 is 12.3 Å². The minimum Gasteiger partial charge on any atom is -0.320 e. The monoisotopic (exact) mass is 263 g/mol. The summed E-state index contributed by atoms with van der Waals surface area (Å²) in [7, 11) is 0. The number of rotatable bonds is 2. The fourth-order valence-corrected chi connectivity index (χ4v) is 1.50. The van der Waals surface area contributed by atoms with E-state index in [0.717, 1.165) is 5.56 Å². The molecule has 0 unspecified atom stereocenters. The molecule has 14 heavy (non-hydrogen) atoms. The van der Waals surface area contributed by atoms with Gasteiger partial charge < -0.3 is 5.32 Å². The fourth-order valence-electron chi connectivity index (χ4n) is 0.909.